The van der Waals surface area contributed by atoms with Gasteiger partial charge in [0.25, 0.3) is 0 Å². The van der Waals surface area contributed by atoms with Crippen LogP contribution in [0.1, 0.15) is 67.1 Å². The van der Waals surface area contributed by atoms with E-state index in [2.05, 4.69) is 20.4 Å². The summed E-state index contributed by atoms with van der Waals surface area (Å²) >= 11 is 0. The topological polar surface area (TPSA) is 37.3 Å². The summed E-state index contributed by atoms with van der Waals surface area (Å²) in [6.45, 7) is 10.2. The van der Waals surface area contributed by atoms with E-state index in [1.165, 1.54) is 11.1 Å². The van der Waals surface area contributed by atoms with E-state index in [4.69, 9.17) is 0 Å². The lowest BCUT2D eigenvalue weighted by Crippen LogP contribution is -2.34. The van der Waals surface area contributed by atoms with E-state index in [1.54, 1.807) is 6.08 Å². The number of allylic oxidation sites excluding steroid dienone is 1. The van der Waals surface area contributed by atoms with Gasteiger partial charge in [-0.25, -0.2) is 0 Å². The average Bonchev–Trinajstić information content (AvgIpc) is 2.43. The van der Waals surface area contributed by atoms with Crippen molar-refractivity contribution in [1.82, 2.24) is 0 Å². The van der Waals surface area contributed by atoms with E-state index in [0.717, 1.165) is 37.7 Å². The Morgan fingerprint density at radius 3 is 2.57 bits per heavy atom. The van der Waals surface area contributed by atoms with Gasteiger partial charge in [-0.3, -0.25) is 4.79 Å². The van der Waals surface area contributed by atoms with Crippen LogP contribution in [0.3, 0.4) is 0 Å². The van der Waals surface area contributed by atoms with Gasteiger partial charge in [0.2, 0.25) is 0 Å². The summed E-state index contributed by atoms with van der Waals surface area (Å²) in [6.07, 6.45) is 6.70. The smallest absolute Gasteiger partial charge is 0.176 e. The van der Waals surface area contributed by atoms with Crippen molar-refractivity contribution >= 4 is 5.78 Å². The zero-order chi connectivity index (χ0) is 15.4. The molecular formula is C19H24O2. The van der Waals surface area contributed by atoms with Gasteiger partial charge in [-0.05, 0) is 67.2 Å². The normalized spacial score (nSPS) is 26.9. The van der Waals surface area contributed by atoms with Gasteiger partial charge in [-0.1, -0.05) is 19.9 Å². The zero-order valence-corrected chi connectivity index (χ0v) is 13.3. The fourth-order valence-corrected chi connectivity index (χ4v) is 4.00. The fraction of sp³-hybridized carbons (Fsp3) is 0.526. The molecule has 0 unspecified atom stereocenters. The predicted molar refractivity (Wildman–Crippen MR) is 85.0 cm³/mol. The molecule has 1 aromatic carbocycles. The maximum atomic E-state index is 12.8. The molecule has 1 aromatic rings. The number of carbonyl (C=O) groups is 1. The molecule has 2 aliphatic rings. The second kappa shape index (κ2) is 4.46. The van der Waals surface area contributed by atoms with Crippen LogP contribution < -0.4 is 0 Å². The van der Waals surface area contributed by atoms with Gasteiger partial charge in [0.05, 0.1) is 5.56 Å². The van der Waals surface area contributed by atoms with E-state index in [9.17, 15) is 9.90 Å². The monoisotopic (exact) mass is 284 g/mol. The first-order chi connectivity index (χ1) is 9.80. The standard InChI is InChI=1S/C19H24O2/c1-5-19(4)10-8-13-12-7-6-9-18(2,3)14(12)11-15(20)16(13)17(19)21/h5,11,20H,1,6-10H2,2-4H3/t19-/m0/s1. The summed E-state index contributed by atoms with van der Waals surface area (Å²) in [4.78, 5) is 12.8. The molecule has 1 N–H and O–H groups in total. The molecule has 0 aromatic heterocycles. The third-order valence-electron chi connectivity index (χ3n) is 5.58. The number of phenols is 1. The highest BCUT2D eigenvalue weighted by molar-refractivity contribution is 6.06. The van der Waals surface area contributed by atoms with Crippen LogP contribution in [-0.4, -0.2) is 10.9 Å². The minimum Gasteiger partial charge on any atom is -0.507 e. The average molecular weight is 284 g/mol. The molecule has 0 radical (unpaired) electrons. The highest BCUT2D eigenvalue weighted by Gasteiger charge is 2.41. The highest BCUT2D eigenvalue weighted by atomic mass is 16.3. The summed E-state index contributed by atoms with van der Waals surface area (Å²) in [5, 5.41) is 10.5. The number of phenolic OH excluding ortho intramolecular Hbond substituents is 1. The van der Waals surface area contributed by atoms with Crippen LogP contribution in [0.15, 0.2) is 18.7 Å². The van der Waals surface area contributed by atoms with Gasteiger partial charge in [0, 0.05) is 5.41 Å². The molecule has 0 heterocycles. The molecule has 0 bridgehead atoms. The zero-order valence-electron chi connectivity index (χ0n) is 13.3. The Morgan fingerprint density at radius 1 is 1.19 bits per heavy atom. The minimum absolute atomic E-state index is 0.0300. The third-order valence-corrected chi connectivity index (χ3v) is 5.58. The van der Waals surface area contributed by atoms with Crippen LogP contribution in [0.25, 0.3) is 0 Å². The molecule has 3 rings (SSSR count). The van der Waals surface area contributed by atoms with Gasteiger partial charge in [0.1, 0.15) is 5.75 Å². The molecule has 21 heavy (non-hydrogen) atoms. The Kier molecular flexibility index (Phi) is 3.05. The molecule has 2 aliphatic carbocycles. The molecule has 2 heteroatoms. The van der Waals surface area contributed by atoms with Crippen molar-refractivity contribution in [2.45, 2.75) is 58.3 Å². The van der Waals surface area contributed by atoms with E-state index >= 15 is 0 Å². The first-order valence-electron chi connectivity index (χ1n) is 7.87. The van der Waals surface area contributed by atoms with E-state index in [0.29, 0.717) is 5.56 Å². The van der Waals surface area contributed by atoms with Gasteiger partial charge in [0.15, 0.2) is 5.78 Å². The molecule has 0 saturated carbocycles. The van der Waals surface area contributed by atoms with Crippen molar-refractivity contribution < 1.29 is 9.90 Å². The van der Waals surface area contributed by atoms with E-state index in [-0.39, 0.29) is 16.9 Å². The number of Topliss-reactive ketones (excluding diaryl/α,β-unsaturated/α-hetero) is 1. The minimum atomic E-state index is -0.539. The number of rotatable bonds is 1. The van der Waals surface area contributed by atoms with Gasteiger partial charge < -0.3 is 5.11 Å². The largest absolute Gasteiger partial charge is 0.507 e. The number of benzene rings is 1. The summed E-state index contributed by atoms with van der Waals surface area (Å²) in [7, 11) is 0. The maximum absolute atomic E-state index is 12.8. The predicted octanol–water partition coefficient (Wildman–Crippen LogP) is 4.33. The van der Waals surface area contributed by atoms with Crippen LogP contribution >= 0.6 is 0 Å². The first kappa shape index (κ1) is 14.4. The molecule has 112 valence electrons. The number of aromatic hydroxyl groups is 1. The number of carbonyl (C=O) groups excluding carboxylic acids is 1. The lowest BCUT2D eigenvalue weighted by atomic mass is 9.65. The number of ketones is 1. The maximum Gasteiger partial charge on any atom is 0.176 e. The molecule has 1 atom stereocenters. The van der Waals surface area contributed by atoms with Crippen molar-refractivity contribution in [3.8, 4) is 5.75 Å². The fourth-order valence-electron chi connectivity index (χ4n) is 4.00. The Bertz CT molecular complexity index is 639. The van der Waals surface area contributed by atoms with Crippen molar-refractivity contribution in [2.24, 2.45) is 5.41 Å². The third kappa shape index (κ3) is 1.96. The van der Waals surface area contributed by atoms with Gasteiger partial charge >= 0.3 is 0 Å². The quantitative estimate of drug-likeness (QED) is 0.779. The van der Waals surface area contributed by atoms with Gasteiger partial charge in [-0.2, -0.15) is 0 Å². The number of fused-ring (bicyclic) bond motifs is 3. The van der Waals surface area contributed by atoms with Crippen LogP contribution in [0.2, 0.25) is 0 Å². The van der Waals surface area contributed by atoms with E-state index < -0.39 is 5.41 Å². The second-order valence-electron chi connectivity index (χ2n) is 7.46. The first-order valence-corrected chi connectivity index (χ1v) is 7.87. The van der Waals surface area contributed by atoms with Crippen molar-refractivity contribution in [2.75, 3.05) is 0 Å². The molecular weight excluding hydrogens is 260 g/mol. The van der Waals surface area contributed by atoms with Crippen molar-refractivity contribution in [3.63, 3.8) is 0 Å². The molecule has 0 spiro atoms. The summed E-state index contributed by atoms with van der Waals surface area (Å²) in [5.74, 6) is 0.193. The Labute approximate surface area is 126 Å². The highest BCUT2D eigenvalue weighted by Crippen LogP contribution is 2.47. The summed E-state index contributed by atoms with van der Waals surface area (Å²) < 4.78 is 0. The van der Waals surface area contributed by atoms with Crippen LogP contribution in [0.4, 0.5) is 0 Å². The van der Waals surface area contributed by atoms with E-state index in [1.807, 2.05) is 13.0 Å². The van der Waals surface area contributed by atoms with Crippen LogP contribution in [0, 0.1) is 5.41 Å². The lowest BCUT2D eigenvalue weighted by molar-refractivity contribution is 0.0842. The number of hydrogen-bond donors (Lipinski definition) is 1. The SMILES string of the molecule is C=C[C@@]1(C)CCc2c3c(cc(O)c2C1=O)C(C)(C)CCC3. The second-order valence-corrected chi connectivity index (χ2v) is 7.46. The van der Waals surface area contributed by atoms with Crippen LogP contribution in [0.5, 0.6) is 5.75 Å². The Morgan fingerprint density at radius 2 is 1.90 bits per heavy atom. The van der Waals surface area contributed by atoms with Crippen molar-refractivity contribution in [3.05, 3.63) is 41.0 Å². The number of hydrogen-bond acceptors (Lipinski definition) is 2. The molecule has 0 aliphatic heterocycles. The summed E-state index contributed by atoms with van der Waals surface area (Å²) in [5.41, 5.74) is 3.76. The molecule has 0 amide bonds. The Hall–Kier alpha value is -1.57. The van der Waals surface area contributed by atoms with Gasteiger partial charge in [-0.15, -0.1) is 6.58 Å². The molecule has 2 nitrogen and oxygen atoms in total. The summed E-state index contributed by atoms with van der Waals surface area (Å²) in [6, 6.07) is 1.85. The van der Waals surface area contributed by atoms with Crippen LogP contribution in [-0.2, 0) is 18.3 Å². The Balaban J connectivity index is 2.25. The molecule has 0 saturated heterocycles. The molecule has 0 fully saturated rings. The van der Waals surface area contributed by atoms with Crippen molar-refractivity contribution in [1.29, 1.82) is 0 Å². The lowest BCUT2D eigenvalue weighted by Gasteiger charge is -2.38.